The smallest absolute Gasteiger partial charge is 1.00 e. The number of benzene rings is 2. The molecule has 0 heterocycles. The molecule has 1 atom stereocenters. The third kappa shape index (κ3) is 7.77. The molecule has 0 aliphatic heterocycles. The zero-order valence-corrected chi connectivity index (χ0v) is 16.3. The van der Waals surface area contributed by atoms with Crippen molar-refractivity contribution in [2.24, 2.45) is 0 Å². The van der Waals surface area contributed by atoms with Gasteiger partial charge in [-0.3, -0.25) is 0 Å². The zero-order valence-electron chi connectivity index (χ0n) is 13.3. The minimum atomic E-state index is 0. The Labute approximate surface area is 161 Å². The van der Waals surface area contributed by atoms with Gasteiger partial charge in [0.05, 0.1) is 6.61 Å². The van der Waals surface area contributed by atoms with Crippen LogP contribution >= 0.6 is 0 Å². The molecule has 0 N–H and O–H groups in total. The summed E-state index contributed by atoms with van der Waals surface area (Å²) in [5, 5.41) is 0. The molecular weight excluding hydrogens is 348 g/mol. The Hall–Kier alpha value is -0.354. The normalized spacial score (nSPS) is 11.1. The molecule has 0 amide bonds. The second-order valence-electron chi connectivity index (χ2n) is 5.12. The van der Waals surface area contributed by atoms with Gasteiger partial charge in [-0.1, -0.05) is 56.5 Å². The molecule has 0 saturated carbocycles. The first-order valence-corrected chi connectivity index (χ1v) is 7.51. The molecule has 0 bridgehead atoms. The van der Waals surface area contributed by atoms with Crippen LogP contribution < -0.4 is 17.0 Å². The van der Waals surface area contributed by atoms with Crippen LogP contribution in [0.1, 0.15) is 49.8 Å². The number of ether oxygens (including phenoxy) is 1. The van der Waals surface area contributed by atoms with E-state index in [4.69, 9.17) is 4.74 Å². The first-order chi connectivity index (χ1) is 9.90. The largest absolute Gasteiger partial charge is 2.00 e. The summed E-state index contributed by atoms with van der Waals surface area (Å²) in [6.45, 7) is 2.91. The van der Waals surface area contributed by atoms with Crippen molar-refractivity contribution in [2.75, 3.05) is 0 Å². The van der Waals surface area contributed by atoms with Gasteiger partial charge >= 0.3 is 23.1 Å². The summed E-state index contributed by atoms with van der Waals surface area (Å²) in [6, 6.07) is 21.7. The minimum absolute atomic E-state index is 0. The number of rotatable bonds is 8. The Morgan fingerprint density at radius 3 is 2.45 bits per heavy atom. The molecule has 22 heavy (non-hydrogen) atoms. The average Bonchev–Trinajstić information content (AvgIpc) is 2.52. The van der Waals surface area contributed by atoms with Gasteiger partial charge in [-0.05, 0) is 12.0 Å². The van der Waals surface area contributed by atoms with Gasteiger partial charge in [-0.2, -0.15) is 30.3 Å². The number of halogens is 1. The summed E-state index contributed by atoms with van der Waals surface area (Å²) < 4.78 is 6.14. The maximum Gasteiger partial charge on any atom is 2.00 e. The Bertz CT molecular complexity index is 475. The van der Waals surface area contributed by atoms with Crippen molar-refractivity contribution < 1.29 is 21.7 Å². The maximum atomic E-state index is 6.14. The van der Waals surface area contributed by atoms with Crippen molar-refractivity contribution in [1.82, 2.24) is 0 Å². The molecule has 2 rings (SSSR count). The predicted molar refractivity (Wildman–Crippen MR) is 89.1 cm³/mol. The van der Waals surface area contributed by atoms with Gasteiger partial charge in [-0.25, -0.2) is 0 Å². The molecule has 0 spiro atoms. The molecule has 0 saturated heterocycles. The number of hydrogen-bond acceptors (Lipinski definition) is 1. The summed E-state index contributed by atoms with van der Waals surface area (Å²) in [7, 11) is 0. The van der Waals surface area contributed by atoms with Gasteiger partial charge in [0.25, 0.3) is 0 Å². The maximum absolute atomic E-state index is 6.14. The van der Waals surface area contributed by atoms with E-state index in [2.05, 4.69) is 43.3 Å². The third-order valence-corrected chi connectivity index (χ3v) is 3.47. The van der Waals surface area contributed by atoms with Crippen molar-refractivity contribution in [1.29, 1.82) is 0 Å². The fourth-order valence-corrected chi connectivity index (χ4v) is 2.30. The van der Waals surface area contributed by atoms with E-state index in [-0.39, 0.29) is 46.1 Å². The van der Waals surface area contributed by atoms with E-state index in [1.807, 2.05) is 24.3 Å². The molecule has 1 unspecified atom stereocenters. The van der Waals surface area contributed by atoms with E-state index in [1.165, 1.54) is 30.4 Å². The summed E-state index contributed by atoms with van der Waals surface area (Å²) >= 11 is 0. The van der Waals surface area contributed by atoms with Crippen molar-refractivity contribution in [3.63, 3.8) is 0 Å². The van der Waals surface area contributed by atoms with Gasteiger partial charge in [0.1, 0.15) is 0 Å². The summed E-state index contributed by atoms with van der Waals surface area (Å²) in [6.07, 6.45) is 4.98. The quantitative estimate of drug-likeness (QED) is 0.392. The summed E-state index contributed by atoms with van der Waals surface area (Å²) in [5.74, 6) is 0. The topological polar surface area (TPSA) is 9.23 Å². The first kappa shape index (κ1) is 21.6. The van der Waals surface area contributed by atoms with Crippen LogP contribution in [0.2, 0.25) is 0 Å². The standard InChI is InChI=1S/C19H23O.BrH.Mg/c1-2-3-6-15-19(18-13-9-5-10-14-18)20-16-17-11-7-4-8-12-17;;/h4-5,7-9,11-14,19H,2-3,6,15-16H2,1H3;1H;/q-1;;+2/p-1. The first-order valence-electron chi connectivity index (χ1n) is 7.51. The van der Waals surface area contributed by atoms with E-state index in [0.717, 1.165) is 6.42 Å². The van der Waals surface area contributed by atoms with Gasteiger partial charge in [0.2, 0.25) is 0 Å². The predicted octanol–water partition coefficient (Wildman–Crippen LogP) is 1.95. The van der Waals surface area contributed by atoms with Crippen LogP contribution in [0.4, 0.5) is 0 Å². The van der Waals surface area contributed by atoms with Crippen LogP contribution in [0.3, 0.4) is 0 Å². The van der Waals surface area contributed by atoms with Gasteiger partial charge in [-0.15, -0.1) is 5.56 Å². The van der Waals surface area contributed by atoms with Crippen LogP contribution in [-0.4, -0.2) is 23.1 Å². The molecule has 3 heteroatoms. The van der Waals surface area contributed by atoms with Crippen LogP contribution in [0.15, 0.2) is 54.6 Å². The molecule has 2 aromatic carbocycles. The van der Waals surface area contributed by atoms with Gasteiger partial charge in [0, 0.05) is 6.10 Å². The van der Waals surface area contributed by atoms with Crippen LogP contribution in [0.25, 0.3) is 0 Å². The second kappa shape index (κ2) is 13.1. The van der Waals surface area contributed by atoms with E-state index in [1.54, 1.807) is 0 Å². The monoisotopic (exact) mass is 370 g/mol. The van der Waals surface area contributed by atoms with Crippen molar-refractivity contribution in [2.45, 2.75) is 45.3 Å². The average molecular weight is 372 g/mol. The van der Waals surface area contributed by atoms with E-state index < -0.39 is 0 Å². The molecule has 1 nitrogen and oxygen atoms in total. The Kier molecular flexibility index (Phi) is 12.9. The SMILES string of the molecule is CCCCCC(OCc1ccccc1)c1c[c-]ccc1.[Br-].[Mg+2]. The van der Waals surface area contributed by atoms with Gasteiger partial charge in [0.15, 0.2) is 0 Å². The summed E-state index contributed by atoms with van der Waals surface area (Å²) in [4.78, 5) is 0. The molecule has 2 aromatic rings. The fourth-order valence-electron chi connectivity index (χ4n) is 2.30. The molecule has 0 aliphatic rings. The molecule has 0 fully saturated rings. The molecule has 114 valence electrons. The van der Waals surface area contributed by atoms with Crippen molar-refractivity contribution in [3.05, 3.63) is 71.8 Å². The van der Waals surface area contributed by atoms with Crippen molar-refractivity contribution in [3.8, 4) is 0 Å². The minimum Gasteiger partial charge on any atom is -1.00 e. The molecular formula is C19H23BrMgO. The zero-order chi connectivity index (χ0) is 14.0. The Morgan fingerprint density at radius 2 is 1.82 bits per heavy atom. The Morgan fingerprint density at radius 1 is 1.05 bits per heavy atom. The Balaban J connectivity index is 0.00000220. The molecule has 0 aromatic heterocycles. The van der Waals surface area contributed by atoms with Crippen molar-refractivity contribution >= 4 is 23.1 Å². The third-order valence-electron chi connectivity index (χ3n) is 3.47. The second-order valence-corrected chi connectivity index (χ2v) is 5.12. The number of hydrogen-bond donors (Lipinski definition) is 0. The van der Waals surface area contributed by atoms with Crippen LogP contribution in [0, 0.1) is 6.07 Å². The van der Waals surface area contributed by atoms with Gasteiger partial charge < -0.3 is 21.7 Å². The summed E-state index contributed by atoms with van der Waals surface area (Å²) in [5.41, 5.74) is 2.47. The van der Waals surface area contributed by atoms with Crippen LogP contribution in [0.5, 0.6) is 0 Å². The van der Waals surface area contributed by atoms with Crippen LogP contribution in [-0.2, 0) is 11.3 Å². The molecule has 0 radical (unpaired) electrons. The van der Waals surface area contributed by atoms with E-state index in [9.17, 15) is 0 Å². The molecule has 0 aliphatic carbocycles. The van der Waals surface area contributed by atoms with E-state index in [0.29, 0.717) is 6.61 Å². The number of unbranched alkanes of at least 4 members (excludes halogenated alkanes) is 2. The van der Waals surface area contributed by atoms with E-state index >= 15 is 0 Å². The fraction of sp³-hybridized carbons (Fsp3) is 0.368.